The van der Waals surface area contributed by atoms with Crippen LogP contribution in [0.15, 0.2) is 0 Å². The van der Waals surface area contributed by atoms with Gasteiger partial charge in [0.15, 0.2) is 0 Å². The summed E-state index contributed by atoms with van der Waals surface area (Å²) in [4.78, 5) is 10.1. The average molecular weight is 217 g/mol. The van der Waals surface area contributed by atoms with Crippen molar-refractivity contribution in [1.29, 1.82) is 0 Å². The molecule has 78 valence electrons. The van der Waals surface area contributed by atoms with Crippen LogP contribution >= 0.6 is 0 Å². The van der Waals surface area contributed by atoms with E-state index in [0.717, 1.165) is 0 Å². The van der Waals surface area contributed by atoms with Crippen molar-refractivity contribution in [2.24, 2.45) is 0 Å². The zero-order valence-corrected chi connectivity index (χ0v) is 7.59. The number of likely N-dealkylation sites (N-methyl/N-ethyl adjacent to an activating group) is 1. The first-order valence-corrected chi connectivity index (χ1v) is 4.81. The molecule has 0 aliphatic rings. The van der Waals surface area contributed by atoms with Gasteiger partial charge < -0.3 is 5.11 Å². The van der Waals surface area contributed by atoms with Gasteiger partial charge in [-0.1, -0.05) is 6.92 Å². The van der Waals surface area contributed by atoms with E-state index in [0.29, 0.717) is 0 Å². The third-order valence-electron chi connectivity index (χ3n) is 1.25. The summed E-state index contributed by atoms with van der Waals surface area (Å²) in [5, 5.41) is 8.21. The second-order valence-corrected chi connectivity index (χ2v) is 4.03. The number of carboxylic acids is 1. The molecule has 0 aromatic rings. The number of halogens is 2. The van der Waals surface area contributed by atoms with Crippen molar-refractivity contribution >= 4 is 16.0 Å². The van der Waals surface area contributed by atoms with Gasteiger partial charge in [0.05, 0.1) is 0 Å². The van der Waals surface area contributed by atoms with Gasteiger partial charge in [0.2, 0.25) is 0 Å². The van der Waals surface area contributed by atoms with Crippen LogP contribution in [0.25, 0.3) is 0 Å². The number of alkyl halides is 2. The molecule has 0 radical (unpaired) electrons. The number of hydrogen-bond acceptors (Lipinski definition) is 3. The van der Waals surface area contributed by atoms with Crippen molar-refractivity contribution in [3.05, 3.63) is 0 Å². The van der Waals surface area contributed by atoms with Crippen molar-refractivity contribution in [2.45, 2.75) is 12.7 Å². The predicted octanol–water partition coefficient (Wildman–Crippen LogP) is -0.0547. The normalized spacial score (nSPS) is 12.4. The van der Waals surface area contributed by atoms with Crippen LogP contribution in [0.2, 0.25) is 0 Å². The van der Waals surface area contributed by atoms with Gasteiger partial charge in [0.25, 0.3) is 10.0 Å². The van der Waals surface area contributed by atoms with Crippen LogP contribution < -0.4 is 0 Å². The Labute approximate surface area is 74.0 Å². The number of nitrogens with zero attached hydrogens (tertiary/aromatic N) is 1. The largest absolute Gasteiger partial charge is 0.480 e. The fourth-order valence-corrected chi connectivity index (χ4v) is 1.52. The molecule has 0 saturated carbocycles. The first-order valence-electron chi connectivity index (χ1n) is 3.31. The molecule has 0 amide bonds. The summed E-state index contributed by atoms with van der Waals surface area (Å²) in [6, 6.07) is 0. The van der Waals surface area contributed by atoms with Crippen LogP contribution in [-0.2, 0) is 14.8 Å². The lowest BCUT2D eigenvalue weighted by molar-refractivity contribution is -0.137. The highest BCUT2D eigenvalue weighted by Crippen LogP contribution is 2.10. The summed E-state index contributed by atoms with van der Waals surface area (Å²) in [5.41, 5.74) is 0. The summed E-state index contributed by atoms with van der Waals surface area (Å²) >= 11 is 0. The molecule has 0 bridgehead atoms. The quantitative estimate of drug-likeness (QED) is 0.700. The third kappa shape index (κ3) is 3.23. The summed E-state index contributed by atoms with van der Waals surface area (Å²) in [5.74, 6) is -5.04. The van der Waals surface area contributed by atoms with E-state index >= 15 is 0 Å². The Hall–Kier alpha value is -0.760. The number of rotatable bonds is 5. The SMILES string of the molecule is CCN(CC(=O)O)S(=O)(=O)C(F)F. The number of carbonyl (C=O) groups is 1. The minimum absolute atomic E-state index is 0.208. The van der Waals surface area contributed by atoms with Crippen LogP contribution in [-0.4, -0.2) is 42.6 Å². The van der Waals surface area contributed by atoms with Crippen molar-refractivity contribution in [1.82, 2.24) is 4.31 Å². The van der Waals surface area contributed by atoms with Crippen molar-refractivity contribution in [2.75, 3.05) is 13.1 Å². The minimum Gasteiger partial charge on any atom is -0.480 e. The first kappa shape index (κ1) is 12.2. The molecule has 0 unspecified atom stereocenters. The van der Waals surface area contributed by atoms with Gasteiger partial charge >= 0.3 is 11.7 Å². The summed E-state index contributed by atoms with van der Waals surface area (Å²) in [6.07, 6.45) is 0. The lowest BCUT2D eigenvalue weighted by Gasteiger charge is -2.16. The van der Waals surface area contributed by atoms with E-state index in [1.54, 1.807) is 0 Å². The zero-order valence-electron chi connectivity index (χ0n) is 6.77. The predicted molar refractivity (Wildman–Crippen MR) is 39.8 cm³/mol. The molecule has 0 saturated heterocycles. The Bertz CT molecular complexity index is 276. The van der Waals surface area contributed by atoms with Crippen molar-refractivity contribution in [3.63, 3.8) is 0 Å². The standard InChI is InChI=1S/C5H9F2NO4S/c1-2-8(3-4(9)10)13(11,12)5(6)7/h5H,2-3H2,1H3,(H,9,10). The van der Waals surface area contributed by atoms with Crippen LogP contribution in [0.1, 0.15) is 6.92 Å². The van der Waals surface area contributed by atoms with E-state index < -0.39 is 28.3 Å². The van der Waals surface area contributed by atoms with E-state index in [2.05, 4.69) is 0 Å². The Morgan fingerprint density at radius 3 is 2.23 bits per heavy atom. The third-order valence-corrected chi connectivity index (χ3v) is 2.81. The second-order valence-electron chi connectivity index (χ2n) is 2.13. The van der Waals surface area contributed by atoms with Crippen LogP contribution in [0.5, 0.6) is 0 Å². The summed E-state index contributed by atoms with van der Waals surface area (Å²) in [6.45, 7) is 0.0466. The summed E-state index contributed by atoms with van der Waals surface area (Å²) in [7, 11) is -4.76. The molecule has 1 N–H and O–H groups in total. The molecular weight excluding hydrogens is 208 g/mol. The monoisotopic (exact) mass is 217 g/mol. The van der Waals surface area contributed by atoms with E-state index in [1.807, 2.05) is 0 Å². The molecule has 0 fully saturated rings. The Balaban J connectivity index is 4.68. The molecule has 0 aromatic carbocycles. The fraction of sp³-hybridized carbons (Fsp3) is 0.800. The molecule has 13 heavy (non-hydrogen) atoms. The van der Waals surface area contributed by atoms with Crippen LogP contribution in [0, 0.1) is 0 Å². The van der Waals surface area contributed by atoms with Gasteiger partial charge in [0, 0.05) is 6.54 Å². The maximum absolute atomic E-state index is 11.9. The number of sulfonamides is 1. The molecule has 0 spiro atoms. The van der Waals surface area contributed by atoms with E-state index in [9.17, 15) is 22.0 Å². The molecule has 0 aromatic heterocycles. The molecule has 5 nitrogen and oxygen atoms in total. The van der Waals surface area contributed by atoms with Crippen LogP contribution in [0.4, 0.5) is 8.78 Å². The zero-order chi connectivity index (χ0) is 10.6. The Morgan fingerprint density at radius 1 is 1.54 bits per heavy atom. The highest BCUT2D eigenvalue weighted by Gasteiger charge is 2.32. The average Bonchev–Trinajstić information content (AvgIpc) is 1.99. The molecule has 0 rings (SSSR count). The van der Waals surface area contributed by atoms with Crippen LogP contribution in [0.3, 0.4) is 0 Å². The number of hydrogen-bond donors (Lipinski definition) is 1. The topological polar surface area (TPSA) is 74.7 Å². The molecule has 0 aliphatic heterocycles. The summed E-state index contributed by atoms with van der Waals surface area (Å²) < 4.78 is 45.4. The smallest absolute Gasteiger partial charge is 0.350 e. The maximum atomic E-state index is 11.9. The van der Waals surface area contributed by atoms with Gasteiger partial charge in [-0.3, -0.25) is 4.79 Å². The fourth-order valence-electron chi connectivity index (χ4n) is 0.645. The molecule has 0 atom stereocenters. The minimum atomic E-state index is -4.76. The lowest BCUT2D eigenvalue weighted by Crippen LogP contribution is -2.38. The number of aliphatic carboxylic acids is 1. The maximum Gasteiger partial charge on any atom is 0.350 e. The molecule has 8 heteroatoms. The Morgan fingerprint density at radius 2 is 2.00 bits per heavy atom. The van der Waals surface area contributed by atoms with Crippen molar-refractivity contribution < 1.29 is 27.1 Å². The van der Waals surface area contributed by atoms with E-state index in [-0.39, 0.29) is 10.8 Å². The van der Waals surface area contributed by atoms with E-state index in [4.69, 9.17) is 5.11 Å². The molecule has 0 aliphatic carbocycles. The Kier molecular flexibility index (Phi) is 4.21. The van der Waals surface area contributed by atoms with E-state index in [1.165, 1.54) is 6.92 Å². The lowest BCUT2D eigenvalue weighted by atomic mass is 10.6. The highest BCUT2D eigenvalue weighted by molar-refractivity contribution is 7.89. The van der Waals surface area contributed by atoms with Gasteiger partial charge in [-0.15, -0.1) is 0 Å². The van der Waals surface area contributed by atoms with Crippen molar-refractivity contribution in [3.8, 4) is 0 Å². The molecular formula is C5H9F2NO4S. The van der Waals surface area contributed by atoms with Gasteiger partial charge in [-0.05, 0) is 0 Å². The first-order chi connectivity index (χ1) is 5.82. The second kappa shape index (κ2) is 4.47. The van der Waals surface area contributed by atoms with Gasteiger partial charge in [-0.25, -0.2) is 8.42 Å². The molecule has 0 heterocycles. The highest BCUT2D eigenvalue weighted by atomic mass is 32.2. The number of carboxylic acid groups (broad SMARTS) is 1. The van der Waals surface area contributed by atoms with Gasteiger partial charge in [0.1, 0.15) is 6.54 Å². The van der Waals surface area contributed by atoms with Gasteiger partial charge in [-0.2, -0.15) is 13.1 Å².